The van der Waals surface area contributed by atoms with Gasteiger partial charge in [-0.2, -0.15) is 12.7 Å². The van der Waals surface area contributed by atoms with E-state index in [-0.39, 0.29) is 5.91 Å². The number of amides is 1. The van der Waals surface area contributed by atoms with Crippen molar-refractivity contribution in [3.05, 3.63) is 36.3 Å². The molecule has 1 amide bonds. The number of nitrogens with one attached hydrogen (secondary N) is 2. The van der Waals surface area contributed by atoms with Gasteiger partial charge in [-0.1, -0.05) is 6.42 Å². The minimum atomic E-state index is -3.61. The van der Waals surface area contributed by atoms with E-state index >= 15 is 0 Å². The first-order chi connectivity index (χ1) is 12.8. The SMILES string of the molecule is CC(=O)Nc1cc(-c2cnc(C)c(NS(=O)(=O)N3CCCCC3)c2)ccn1. The molecule has 8 nitrogen and oxygen atoms in total. The summed E-state index contributed by atoms with van der Waals surface area (Å²) in [6.07, 6.45) is 6.06. The number of anilines is 2. The fraction of sp³-hybridized carbons (Fsp3) is 0.389. The molecule has 9 heteroatoms. The normalized spacial score (nSPS) is 15.3. The number of rotatable bonds is 5. The van der Waals surface area contributed by atoms with Gasteiger partial charge in [0.15, 0.2) is 0 Å². The van der Waals surface area contributed by atoms with Crippen LogP contribution in [0.2, 0.25) is 0 Å². The first-order valence-electron chi connectivity index (χ1n) is 8.84. The summed E-state index contributed by atoms with van der Waals surface area (Å²) in [4.78, 5) is 19.6. The van der Waals surface area contributed by atoms with Crippen molar-refractivity contribution in [3.63, 3.8) is 0 Å². The molecule has 0 aliphatic carbocycles. The highest BCUT2D eigenvalue weighted by atomic mass is 32.2. The molecule has 1 aliphatic heterocycles. The number of piperidine rings is 1. The summed E-state index contributed by atoms with van der Waals surface area (Å²) in [5.74, 6) is 0.215. The standard InChI is InChI=1S/C18H23N5O3S/c1-13-17(22-27(25,26)23-8-4-3-5-9-23)10-16(12-20-13)15-6-7-19-18(11-15)21-14(2)24/h6-7,10-12,22H,3-5,8-9H2,1-2H3,(H,19,21,24). The number of hydrogen-bond donors (Lipinski definition) is 2. The second-order valence-corrected chi connectivity index (χ2v) is 8.21. The molecule has 0 atom stereocenters. The van der Waals surface area contributed by atoms with Gasteiger partial charge < -0.3 is 5.32 Å². The Hall–Kier alpha value is -2.52. The van der Waals surface area contributed by atoms with Crippen LogP contribution in [0.5, 0.6) is 0 Å². The van der Waals surface area contributed by atoms with Crippen molar-refractivity contribution in [2.24, 2.45) is 0 Å². The number of carbonyl (C=O) groups excluding carboxylic acids is 1. The molecule has 0 aromatic carbocycles. The zero-order chi connectivity index (χ0) is 19.4. The zero-order valence-electron chi connectivity index (χ0n) is 15.4. The lowest BCUT2D eigenvalue weighted by atomic mass is 10.1. The lowest BCUT2D eigenvalue weighted by Crippen LogP contribution is -2.39. The molecule has 0 spiro atoms. The van der Waals surface area contributed by atoms with Crippen LogP contribution in [0.1, 0.15) is 31.9 Å². The zero-order valence-corrected chi connectivity index (χ0v) is 16.2. The molecule has 1 saturated heterocycles. The van der Waals surface area contributed by atoms with Gasteiger partial charge in [-0.15, -0.1) is 0 Å². The quantitative estimate of drug-likeness (QED) is 0.818. The van der Waals surface area contributed by atoms with E-state index in [9.17, 15) is 13.2 Å². The molecule has 27 heavy (non-hydrogen) atoms. The Balaban J connectivity index is 1.87. The van der Waals surface area contributed by atoms with Crippen molar-refractivity contribution in [1.29, 1.82) is 0 Å². The van der Waals surface area contributed by atoms with Gasteiger partial charge in [0.1, 0.15) is 5.82 Å². The van der Waals surface area contributed by atoms with Gasteiger partial charge in [-0.25, -0.2) is 4.98 Å². The van der Waals surface area contributed by atoms with E-state index in [2.05, 4.69) is 20.0 Å². The fourth-order valence-corrected chi connectivity index (χ4v) is 4.31. The van der Waals surface area contributed by atoms with Gasteiger partial charge in [0.25, 0.3) is 0 Å². The van der Waals surface area contributed by atoms with Crippen molar-refractivity contribution in [2.75, 3.05) is 23.1 Å². The van der Waals surface area contributed by atoms with E-state index in [0.29, 0.717) is 30.3 Å². The third kappa shape index (κ3) is 4.81. The van der Waals surface area contributed by atoms with Crippen LogP contribution >= 0.6 is 0 Å². The van der Waals surface area contributed by atoms with Crippen LogP contribution in [0, 0.1) is 6.92 Å². The van der Waals surface area contributed by atoms with Crippen molar-refractivity contribution >= 4 is 27.6 Å². The Morgan fingerprint density at radius 1 is 1.11 bits per heavy atom. The van der Waals surface area contributed by atoms with Gasteiger partial charge in [0, 0.05) is 38.0 Å². The highest BCUT2D eigenvalue weighted by molar-refractivity contribution is 7.90. The van der Waals surface area contributed by atoms with Gasteiger partial charge in [-0.05, 0) is 43.5 Å². The van der Waals surface area contributed by atoms with Crippen molar-refractivity contribution in [1.82, 2.24) is 14.3 Å². The van der Waals surface area contributed by atoms with Crippen LogP contribution in [-0.2, 0) is 15.0 Å². The van der Waals surface area contributed by atoms with E-state index < -0.39 is 10.2 Å². The van der Waals surface area contributed by atoms with E-state index in [4.69, 9.17) is 0 Å². The average Bonchev–Trinajstić information content (AvgIpc) is 2.64. The number of nitrogens with zero attached hydrogens (tertiary/aromatic N) is 3. The summed E-state index contributed by atoms with van der Waals surface area (Å²) in [5.41, 5.74) is 2.54. The Labute approximate surface area is 159 Å². The molecule has 144 valence electrons. The highest BCUT2D eigenvalue weighted by Gasteiger charge is 2.24. The number of carbonyl (C=O) groups is 1. The summed E-state index contributed by atoms with van der Waals surface area (Å²) in [7, 11) is -3.61. The third-order valence-electron chi connectivity index (χ3n) is 4.38. The fourth-order valence-electron chi connectivity index (χ4n) is 2.96. The Morgan fingerprint density at radius 3 is 2.56 bits per heavy atom. The number of pyridine rings is 2. The second kappa shape index (κ2) is 8.01. The largest absolute Gasteiger partial charge is 0.311 e. The van der Waals surface area contributed by atoms with Gasteiger partial charge in [-0.3, -0.25) is 14.5 Å². The molecular weight excluding hydrogens is 366 g/mol. The van der Waals surface area contributed by atoms with Crippen molar-refractivity contribution in [3.8, 4) is 11.1 Å². The van der Waals surface area contributed by atoms with E-state index in [1.54, 1.807) is 37.5 Å². The highest BCUT2D eigenvalue weighted by Crippen LogP contribution is 2.26. The summed E-state index contributed by atoms with van der Waals surface area (Å²) < 4.78 is 29.5. The summed E-state index contributed by atoms with van der Waals surface area (Å²) >= 11 is 0. The molecular formula is C18H23N5O3S. The van der Waals surface area contributed by atoms with Crippen LogP contribution < -0.4 is 10.0 Å². The molecule has 2 N–H and O–H groups in total. The van der Waals surface area contributed by atoms with Crippen molar-refractivity contribution < 1.29 is 13.2 Å². The lowest BCUT2D eigenvalue weighted by molar-refractivity contribution is -0.114. The summed E-state index contributed by atoms with van der Waals surface area (Å²) in [6.45, 7) is 4.24. The average molecular weight is 389 g/mol. The molecule has 1 fully saturated rings. The summed E-state index contributed by atoms with van der Waals surface area (Å²) in [6, 6.07) is 5.24. The van der Waals surface area contributed by atoms with Gasteiger partial charge in [0.2, 0.25) is 5.91 Å². The molecule has 2 aromatic heterocycles. The van der Waals surface area contributed by atoms with Crippen LogP contribution in [0.25, 0.3) is 11.1 Å². The smallest absolute Gasteiger partial charge is 0.301 e. The molecule has 3 rings (SSSR count). The van der Waals surface area contributed by atoms with Gasteiger partial charge >= 0.3 is 10.2 Å². The predicted molar refractivity (Wildman–Crippen MR) is 104 cm³/mol. The predicted octanol–water partition coefficient (Wildman–Crippen LogP) is 2.55. The Bertz CT molecular complexity index is 940. The van der Waals surface area contributed by atoms with Crippen LogP contribution in [0.15, 0.2) is 30.6 Å². The summed E-state index contributed by atoms with van der Waals surface area (Å²) in [5, 5.41) is 2.63. The van der Waals surface area contributed by atoms with Crippen LogP contribution in [0.3, 0.4) is 0 Å². The van der Waals surface area contributed by atoms with Crippen LogP contribution in [0.4, 0.5) is 11.5 Å². The number of aryl methyl sites for hydroxylation is 1. The molecule has 3 heterocycles. The molecule has 2 aromatic rings. The monoisotopic (exact) mass is 389 g/mol. The minimum Gasteiger partial charge on any atom is -0.311 e. The van der Waals surface area contributed by atoms with E-state index in [1.807, 2.05) is 0 Å². The van der Waals surface area contributed by atoms with E-state index in [0.717, 1.165) is 30.4 Å². The molecule has 0 unspecified atom stereocenters. The molecule has 1 aliphatic rings. The topological polar surface area (TPSA) is 104 Å². The molecule has 0 radical (unpaired) electrons. The van der Waals surface area contributed by atoms with Crippen LogP contribution in [-0.4, -0.2) is 41.7 Å². The number of aromatic nitrogens is 2. The minimum absolute atomic E-state index is 0.211. The first kappa shape index (κ1) is 19.2. The van der Waals surface area contributed by atoms with Crippen molar-refractivity contribution in [2.45, 2.75) is 33.1 Å². The second-order valence-electron chi connectivity index (χ2n) is 6.53. The number of hydrogen-bond acceptors (Lipinski definition) is 5. The lowest BCUT2D eigenvalue weighted by Gasteiger charge is -2.26. The van der Waals surface area contributed by atoms with Gasteiger partial charge in [0.05, 0.1) is 11.4 Å². The third-order valence-corrected chi connectivity index (χ3v) is 5.90. The maximum atomic E-state index is 12.7. The maximum absolute atomic E-state index is 12.7. The Morgan fingerprint density at radius 2 is 1.85 bits per heavy atom. The molecule has 0 bridgehead atoms. The molecule has 0 saturated carbocycles. The van der Waals surface area contributed by atoms with E-state index in [1.165, 1.54) is 11.2 Å². The maximum Gasteiger partial charge on any atom is 0.301 e. The Kier molecular flexibility index (Phi) is 5.71. The first-order valence-corrected chi connectivity index (χ1v) is 10.3.